The van der Waals surface area contributed by atoms with Crippen molar-refractivity contribution in [2.75, 3.05) is 0 Å². The van der Waals surface area contributed by atoms with Crippen LogP contribution in [0.15, 0.2) is 194 Å². The molecule has 10 aromatic rings. The van der Waals surface area contributed by atoms with Gasteiger partial charge >= 0.3 is 0 Å². The van der Waals surface area contributed by atoms with Crippen LogP contribution in [0.2, 0.25) is 0 Å². The molecule has 0 bridgehead atoms. The molecule has 252 valence electrons. The highest BCUT2D eigenvalue weighted by molar-refractivity contribution is 5.98. The van der Waals surface area contributed by atoms with Gasteiger partial charge in [-0.3, -0.25) is 0 Å². The van der Waals surface area contributed by atoms with E-state index in [-0.39, 0.29) is 0 Å². The second kappa shape index (κ2) is 13.4. The summed E-state index contributed by atoms with van der Waals surface area (Å²) in [7, 11) is 0. The second-order valence-corrected chi connectivity index (χ2v) is 13.4. The maximum atomic E-state index is 5.19. The summed E-state index contributed by atoms with van der Waals surface area (Å²) in [5.41, 5.74) is 14.3. The van der Waals surface area contributed by atoms with E-state index < -0.39 is 0 Å². The zero-order valence-electron chi connectivity index (χ0n) is 29.3. The number of hydrogen-bond donors (Lipinski definition) is 0. The van der Waals surface area contributed by atoms with Gasteiger partial charge in [-0.15, -0.1) is 0 Å². The fraction of sp³-hybridized carbons (Fsp3) is 0. The molecule has 10 rings (SSSR count). The van der Waals surface area contributed by atoms with Gasteiger partial charge in [0.25, 0.3) is 0 Å². The Morgan fingerprint density at radius 1 is 0.259 bits per heavy atom. The minimum atomic E-state index is 0.680. The number of hydrogen-bond acceptors (Lipinski definition) is 4. The molecular weight excluding hydrogens is 657 g/mol. The third kappa shape index (κ3) is 5.76. The molecule has 0 spiro atoms. The highest BCUT2D eigenvalue weighted by atomic mass is 14.9. The highest BCUT2D eigenvalue weighted by Gasteiger charge is 2.15. The largest absolute Gasteiger partial charge is 0.248 e. The van der Waals surface area contributed by atoms with Crippen LogP contribution in [0.25, 0.3) is 100 Å². The maximum absolute atomic E-state index is 5.19. The van der Waals surface area contributed by atoms with E-state index in [9.17, 15) is 0 Å². The van der Waals surface area contributed by atoms with Crippen LogP contribution in [-0.4, -0.2) is 19.9 Å². The predicted molar refractivity (Wildman–Crippen MR) is 223 cm³/mol. The van der Waals surface area contributed by atoms with E-state index in [4.69, 9.17) is 19.9 Å². The molecule has 0 saturated heterocycles. The first-order valence-electron chi connectivity index (χ1n) is 18.1. The molecule has 0 aliphatic heterocycles. The Bertz CT molecular complexity index is 2960. The van der Waals surface area contributed by atoms with Gasteiger partial charge in [0.1, 0.15) is 0 Å². The van der Waals surface area contributed by atoms with Crippen LogP contribution < -0.4 is 0 Å². The summed E-state index contributed by atoms with van der Waals surface area (Å²) in [6, 6.07) is 67.3. The first-order chi connectivity index (χ1) is 26.7. The van der Waals surface area contributed by atoms with E-state index in [1.54, 1.807) is 0 Å². The van der Waals surface area contributed by atoms with Gasteiger partial charge in [-0.1, -0.05) is 164 Å². The quantitative estimate of drug-likeness (QED) is 0.174. The maximum Gasteiger partial charge on any atom is 0.160 e. The topological polar surface area (TPSA) is 51.6 Å². The van der Waals surface area contributed by atoms with Crippen LogP contribution in [0, 0.1) is 0 Å². The van der Waals surface area contributed by atoms with Crippen LogP contribution in [-0.2, 0) is 0 Å². The van der Waals surface area contributed by atoms with Gasteiger partial charge in [0, 0.05) is 38.4 Å². The molecule has 0 aliphatic carbocycles. The van der Waals surface area contributed by atoms with E-state index in [0.29, 0.717) is 5.82 Å². The van der Waals surface area contributed by atoms with Crippen molar-refractivity contribution in [2.24, 2.45) is 0 Å². The van der Waals surface area contributed by atoms with Gasteiger partial charge in [0.2, 0.25) is 0 Å². The average Bonchev–Trinajstić information content (AvgIpc) is 3.26. The van der Waals surface area contributed by atoms with Crippen LogP contribution >= 0.6 is 0 Å². The Morgan fingerprint density at radius 2 is 0.648 bits per heavy atom. The fourth-order valence-corrected chi connectivity index (χ4v) is 7.37. The van der Waals surface area contributed by atoms with Gasteiger partial charge in [-0.25, -0.2) is 19.9 Å². The molecule has 0 radical (unpaired) electrons. The lowest BCUT2D eigenvalue weighted by Gasteiger charge is -2.12. The lowest BCUT2D eigenvalue weighted by Crippen LogP contribution is -1.96. The van der Waals surface area contributed by atoms with E-state index in [1.807, 2.05) is 30.3 Å². The molecule has 7 aromatic carbocycles. The zero-order valence-corrected chi connectivity index (χ0v) is 29.3. The molecule has 4 heteroatoms. The standard InChI is InChI=1S/C50H32N4/c1-3-13-33(14-4-1)42-31-47(51-44-20-10-7-17-39(42)44)35-23-27-37(28-24-35)49-41-19-9-12-22-46(41)53-50(54-49)38-29-25-36(26-30-38)48-32-43(34-15-5-2-6-16-34)40-18-8-11-21-45(40)52-48/h1-32H. The monoisotopic (exact) mass is 688 g/mol. The predicted octanol–water partition coefficient (Wildman–Crippen LogP) is 12.7. The Labute approximate surface area is 313 Å². The van der Waals surface area contributed by atoms with Crippen molar-refractivity contribution in [3.05, 3.63) is 194 Å². The minimum Gasteiger partial charge on any atom is -0.248 e. The average molecular weight is 689 g/mol. The molecule has 3 aromatic heterocycles. The van der Waals surface area contributed by atoms with Gasteiger partial charge in [-0.05, 0) is 52.6 Å². The number of aromatic nitrogens is 4. The molecule has 0 N–H and O–H groups in total. The van der Waals surface area contributed by atoms with E-state index in [2.05, 4.69) is 164 Å². The van der Waals surface area contributed by atoms with Crippen molar-refractivity contribution < 1.29 is 0 Å². The summed E-state index contributed by atoms with van der Waals surface area (Å²) in [5.74, 6) is 0.680. The van der Waals surface area contributed by atoms with Crippen molar-refractivity contribution in [1.82, 2.24) is 19.9 Å². The number of pyridine rings is 2. The Hall–Kier alpha value is -7.30. The molecule has 0 unspecified atom stereocenters. The van der Waals surface area contributed by atoms with Gasteiger partial charge in [0.15, 0.2) is 5.82 Å². The third-order valence-electron chi connectivity index (χ3n) is 10.1. The summed E-state index contributed by atoms with van der Waals surface area (Å²) in [6.07, 6.45) is 0. The third-order valence-corrected chi connectivity index (χ3v) is 10.1. The molecule has 3 heterocycles. The first kappa shape index (κ1) is 31.4. The summed E-state index contributed by atoms with van der Waals surface area (Å²) in [6.45, 7) is 0. The molecule has 54 heavy (non-hydrogen) atoms. The van der Waals surface area contributed by atoms with Gasteiger partial charge in [-0.2, -0.15) is 0 Å². The normalized spacial score (nSPS) is 11.3. The van der Waals surface area contributed by atoms with E-state index in [1.165, 1.54) is 22.3 Å². The van der Waals surface area contributed by atoms with Crippen LogP contribution in [0.5, 0.6) is 0 Å². The summed E-state index contributed by atoms with van der Waals surface area (Å²) < 4.78 is 0. The lowest BCUT2D eigenvalue weighted by molar-refractivity contribution is 1.23. The molecule has 0 saturated carbocycles. The number of para-hydroxylation sites is 3. The minimum absolute atomic E-state index is 0.680. The SMILES string of the molecule is c1ccc(-c2cc(-c3ccc(-c4nc(-c5ccc(-c6cc(-c7ccccc7)c7ccccc7n6)cc5)c5ccccc5n4)cc3)nc3ccccc23)cc1. The lowest BCUT2D eigenvalue weighted by atomic mass is 9.97. The van der Waals surface area contributed by atoms with Crippen LogP contribution in [0.3, 0.4) is 0 Å². The van der Waals surface area contributed by atoms with Crippen LogP contribution in [0.4, 0.5) is 0 Å². The van der Waals surface area contributed by atoms with Gasteiger partial charge < -0.3 is 0 Å². The summed E-state index contributed by atoms with van der Waals surface area (Å²) in [4.78, 5) is 20.3. The van der Waals surface area contributed by atoms with Crippen molar-refractivity contribution >= 4 is 32.7 Å². The fourth-order valence-electron chi connectivity index (χ4n) is 7.37. The van der Waals surface area contributed by atoms with Crippen molar-refractivity contribution in [1.29, 1.82) is 0 Å². The molecule has 0 atom stereocenters. The zero-order chi connectivity index (χ0) is 35.8. The summed E-state index contributed by atoms with van der Waals surface area (Å²) >= 11 is 0. The molecule has 0 aliphatic rings. The molecule has 0 amide bonds. The number of benzene rings is 7. The Balaban J connectivity index is 1.02. The summed E-state index contributed by atoms with van der Waals surface area (Å²) in [5, 5.41) is 3.29. The molecule has 0 fully saturated rings. The highest BCUT2D eigenvalue weighted by Crippen LogP contribution is 2.36. The van der Waals surface area contributed by atoms with Crippen molar-refractivity contribution in [2.45, 2.75) is 0 Å². The number of nitrogens with zero attached hydrogens (tertiary/aromatic N) is 4. The van der Waals surface area contributed by atoms with Gasteiger partial charge in [0.05, 0.1) is 33.6 Å². The smallest absolute Gasteiger partial charge is 0.160 e. The molecular formula is C50H32N4. The number of fused-ring (bicyclic) bond motifs is 3. The van der Waals surface area contributed by atoms with Crippen LogP contribution in [0.1, 0.15) is 0 Å². The Kier molecular flexibility index (Phi) is 7.77. The molecule has 4 nitrogen and oxygen atoms in total. The first-order valence-corrected chi connectivity index (χ1v) is 18.1. The van der Waals surface area contributed by atoms with Crippen molar-refractivity contribution in [3.8, 4) is 67.4 Å². The number of rotatable bonds is 6. The Morgan fingerprint density at radius 3 is 1.15 bits per heavy atom. The van der Waals surface area contributed by atoms with Crippen molar-refractivity contribution in [3.63, 3.8) is 0 Å². The van der Waals surface area contributed by atoms with E-state index >= 15 is 0 Å². The second-order valence-electron chi connectivity index (χ2n) is 13.4. The van der Waals surface area contributed by atoms with E-state index in [0.717, 1.165) is 72.0 Å².